The Morgan fingerprint density at radius 1 is 0.833 bits per heavy atom. The van der Waals surface area contributed by atoms with Crippen LogP contribution in [0, 0.1) is 0 Å². The van der Waals surface area contributed by atoms with E-state index in [0.717, 1.165) is 28.7 Å². The van der Waals surface area contributed by atoms with E-state index in [-0.39, 0.29) is 5.56 Å². The number of likely N-dealkylation sites (N-methyl/N-ethyl adjacent to an activating group) is 1. The summed E-state index contributed by atoms with van der Waals surface area (Å²) in [6, 6.07) is 25.1. The van der Waals surface area contributed by atoms with Crippen molar-refractivity contribution in [3.8, 4) is 11.3 Å². The van der Waals surface area contributed by atoms with Crippen LogP contribution >= 0.6 is 0 Å². The monoisotopic (exact) mass is 398 g/mol. The van der Waals surface area contributed by atoms with Gasteiger partial charge in [-0.25, -0.2) is 5.10 Å². The number of benzene rings is 3. The van der Waals surface area contributed by atoms with Crippen molar-refractivity contribution >= 4 is 28.6 Å². The molecule has 0 unspecified atom stereocenters. The van der Waals surface area contributed by atoms with Crippen molar-refractivity contribution in [2.75, 3.05) is 29.9 Å². The fourth-order valence-corrected chi connectivity index (χ4v) is 3.46. The number of nitrogens with zero attached hydrogens (tertiary/aromatic N) is 3. The Hall–Kier alpha value is -3.93. The lowest BCUT2D eigenvalue weighted by molar-refractivity contribution is -0.107. The summed E-state index contributed by atoms with van der Waals surface area (Å²) in [4.78, 5) is 27.5. The van der Waals surface area contributed by atoms with E-state index in [0.29, 0.717) is 24.2 Å². The van der Waals surface area contributed by atoms with Crippen LogP contribution in [0.25, 0.3) is 22.0 Å². The number of rotatable bonds is 7. The lowest BCUT2D eigenvalue weighted by Gasteiger charge is -2.24. The molecule has 0 aliphatic heterocycles. The molecule has 6 nitrogen and oxygen atoms in total. The van der Waals surface area contributed by atoms with E-state index in [1.54, 1.807) is 11.0 Å². The van der Waals surface area contributed by atoms with Crippen molar-refractivity contribution in [3.05, 3.63) is 89.2 Å². The first-order chi connectivity index (χ1) is 14.7. The Morgan fingerprint density at radius 2 is 1.50 bits per heavy atom. The van der Waals surface area contributed by atoms with Gasteiger partial charge in [0.15, 0.2) is 0 Å². The first kappa shape index (κ1) is 19.4. The molecule has 0 saturated heterocycles. The molecule has 1 amide bonds. The molecule has 30 heavy (non-hydrogen) atoms. The number of carbonyl (C=O) groups excluding carboxylic acids is 1. The van der Waals surface area contributed by atoms with Crippen LogP contribution in [0.15, 0.2) is 83.7 Å². The highest BCUT2D eigenvalue weighted by atomic mass is 16.1. The molecule has 0 atom stereocenters. The zero-order valence-corrected chi connectivity index (χ0v) is 16.7. The molecule has 6 heteroatoms. The van der Waals surface area contributed by atoms with Crippen LogP contribution in [0.3, 0.4) is 0 Å². The Labute approximate surface area is 174 Å². The van der Waals surface area contributed by atoms with Gasteiger partial charge >= 0.3 is 0 Å². The topological polar surface area (TPSA) is 69.3 Å². The fraction of sp³-hybridized carbons (Fsp3) is 0.125. The minimum Gasteiger partial charge on any atom is -0.373 e. The summed E-state index contributed by atoms with van der Waals surface area (Å²) < 4.78 is 0. The van der Waals surface area contributed by atoms with Crippen LogP contribution in [0.1, 0.15) is 0 Å². The van der Waals surface area contributed by atoms with Gasteiger partial charge in [-0.1, -0.05) is 48.5 Å². The summed E-state index contributed by atoms with van der Waals surface area (Å²) in [5.41, 5.74) is 3.29. The van der Waals surface area contributed by atoms with E-state index in [1.807, 2.05) is 79.8 Å². The predicted octanol–water partition coefficient (Wildman–Crippen LogP) is 3.69. The molecule has 3 aromatic carbocycles. The standard InChI is InChI=1S/C24H22N4O2/c1-27(19-7-3-2-4-8-19)15-16-28(17-29)20-13-11-18(12-14-20)23-21-9-5-6-10-22(21)24(30)26-25-23/h2-14,17H,15-16H2,1H3,(H,26,30). The number of anilines is 2. The Kier molecular flexibility index (Phi) is 5.57. The van der Waals surface area contributed by atoms with E-state index in [4.69, 9.17) is 0 Å². The molecule has 0 bridgehead atoms. The van der Waals surface area contributed by atoms with Crippen LogP contribution in [0.2, 0.25) is 0 Å². The summed E-state index contributed by atoms with van der Waals surface area (Å²) in [5, 5.41) is 8.20. The predicted molar refractivity (Wildman–Crippen MR) is 121 cm³/mol. The Morgan fingerprint density at radius 3 is 2.20 bits per heavy atom. The molecular weight excluding hydrogens is 376 g/mol. The number of H-pyrrole nitrogens is 1. The van der Waals surface area contributed by atoms with Crippen molar-refractivity contribution in [1.82, 2.24) is 10.2 Å². The van der Waals surface area contributed by atoms with Crippen LogP contribution in [-0.2, 0) is 4.79 Å². The number of aromatic amines is 1. The highest BCUT2D eigenvalue weighted by Gasteiger charge is 2.11. The van der Waals surface area contributed by atoms with E-state index < -0.39 is 0 Å². The van der Waals surface area contributed by atoms with Gasteiger partial charge in [-0.3, -0.25) is 9.59 Å². The maximum Gasteiger partial charge on any atom is 0.272 e. The van der Waals surface area contributed by atoms with Crippen LogP contribution in [0.4, 0.5) is 11.4 Å². The van der Waals surface area contributed by atoms with Gasteiger partial charge in [0.2, 0.25) is 6.41 Å². The van der Waals surface area contributed by atoms with Gasteiger partial charge in [0.05, 0.1) is 11.1 Å². The molecule has 0 aliphatic rings. The molecular formula is C24H22N4O2. The van der Waals surface area contributed by atoms with Gasteiger partial charge in [-0.15, -0.1) is 0 Å². The maximum atomic E-state index is 12.0. The van der Waals surface area contributed by atoms with Gasteiger partial charge in [-0.05, 0) is 30.3 Å². The van der Waals surface area contributed by atoms with E-state index in [2.05, 4.69) is 15.1 Å². The summed E-state index contributed by atoms with van der Waals surface area (Å²) in [6.07, 6.45) is 0.849. The number of para-hydroxylation sites is 1. The summed E-state index contributed by atoms with van der Waals surface area (Å²) in [7, 11) is 2.01. The van der Waals surface area contributed by atoms with E-state index in [9.17, 15) is 9.59 Å². The van der Waals surface area contributed by atoms with Gasteiger partial charge in [0, 0.05) is 42.5 Å². The first-order valence-corrected chi connectivity index (χ1v) is 9.73. The molecule has 1 aromatic heterocycles. The van der Waals surface area contributed by atoms with E-state index >= 15 is 0 Å². The fourth-order valence-electron chi connectivity index (χ4n) is 3.46. The molecule has 0 saturated carbocycles. The molecule has 1 heterocycles. The summed E-state index contributed by atoms with van der Waals surface area (Å²) >= 11 is 0. The average molecular weight is 398 g/mol. The molecule has 0 radical (unpaired) electrons. The smallest absolute Gasteiger partial charge is 0.272 e. The highest BCUT2D eigenvalue weighted by Crippen LogP contribution is 2.26. The van der Waals surface area contributed by atoms with Crippen LogP contribution in [-0.4, -0.2) is 36.7 Å². The van der Waals surface area contributed by atoms with Gasteiger partial charge in [0.25, 0.3) is 5.56 Å². The summed E-state index contributed by atoms with van der Waals surface area (Å²) in [5.74, 6) is 0. The van der Waals surface area contributed by atoms with Crippen molar-refractivity contribution < 1.29 is 4.79 Å². The number of amides is 1. The lowest BCUT2D eigenvalue weighted by Crippen LogP contribution is -2.32. The molecule has 0 aliphatic carbocycles. The highest BCUT2D eigenvalue weighted by molar-refractivity contribution is 5.94. The third kappa shape index (κ3) is 3.93. The SMILES string of the molecule is CN(CCN(C=O)c1ccc(-c2n[nH]c(=O)c3ccccc23)cc1)c1ccccc1. The van der Waals surface area contributed by atoms with Gasteiger partial charge < -0.3 is 9.80 Å². The normalized spacial score (nSPS) is 10.7. The zero-order chi connectivity index (χ0) is 20.9. The van der Waals surface area contributed by atoms with Crippen LogP contribution in [0.5, 0.6) is 0 Å². The molecule has 150 valence electrons. The maximum absolute atomic E-state index is 12.0. The largest absolute Gasteiger partial charge is 0.373 e. The number of nitrogens with one attached hydrogen (secondary N) is 1. The molecule has 0 fully saturated rings. The van der Waals surface area contributed by atoms with Crippen molar-refractivity contribution in [3.63, 3.8) is 0 Å². The molecule has 0 spiro atoms. The molecule has 4 aromatic rings. The second-order valence-corrected chi connectivity index (χ2v) is 7.05. The van der Waals surface area contributed by atoms with Crippen molar-refractivity contribution in [2.45, 2.75) is 0 Å². The third-order valence-electron chi connectivity index (χ3n) is 5.17. The third-order valence-corrected chi connectivity index (χ3v) is 5.17. The minimum atomic E-state index is -0.208. The number of carbonyl (C=O) groups is 1. The van der Waals surface area contributed by atoms with Gasteiger partial charge in [-0.2, -0.15) is 5.10 Å². The minimum absolute atomic E-state index is 0.208. The quantitative estimate of drug-likeness (QED) is 0.482. The first-order valence-electron chi connectivity index (χ1n) is 9.73. The van der Waals surface area contributed by atoms with Crippen LogP contribution < -0.4 is 15.4 Å². The Balaban J connectivity index is 1.53. The molecule has 4 rings (SSSR count). The number of hydrogen-bond acceptors (Lipinski definition) is 4. The number of aromatic nitrogens is 2. The zero-order valence-electron chi connectivity index (χ0n) is 16.7. The second kappa shape index (κ2) is 8.61. The number of fused-ring (bicyclic) bond motifs is 1. The average Bonchev–Trinajstić information content (AvgIpc) is 2.81. The number of hydrogen-bond donors (Lipinski definition) is 1. The van der Waals surface area contributed by atoms with Gasteiger partial charge in [0.1, 0.15) is 0 Å². The molecule has 1 N–H and O–H groups in total. The Bertz CT molecular complexity index is 1200. The summed E-state index contributed by atoms with van der Waals surface area (Å²) in [6.45, 7) is 1.27. The van der Waals surface area contributed by atoms with Crippen molar-refractivity contribution in [1.29, 1.82) is 0 Å². The van der Waals surface area contributed by atoms with Crippen molar-refractivity contribution in [2.24, 2.45) is 0 Å². The second-order valence-electron chi connectivity index (χ2n) is 7.05. The lowest BCUT2D eigenvalue weighted by atomic mass is 10.0. The van der Waals surface area contributed by atoms with E-state index in [1.165, 1.54) is 0 Å².